The van der Waals surface area contributed by atoms with E-state index in [-0.39, 0.29) is 11.3 Å². The van der Waals surface area contributed by atoms with Gasteiger partial charge < -0.3 is 4.90 Å². The van der Waals surface area contributed by atoms with Crippen molar-refractivity contribution < 1.29 is 4.79 Å². The zero-order chi connectivity index (χ0) is 18.8. The third-order valence-electron chi connectivity index (χ3n) is 8.91. The first kappa shape index (κ1) is 17.4. The fourth-order valence-corrected chi connectivity index (χ4v) is 7.60. The van der Waals surface area contributed by atoms with Gasteiger partial charge >= 0.3 is 0 Å². The Balaban J connectivity index is 1.44. The summed E-state index contributed by atoms with van der Waals surface area (Å²) in [5.74, 6) is 2.53. The minimum Gasteiger partial charge on any atom is -0.339 e. The van der Waals surface area contributed by atoms with Crippen LogP contribution in [0.4, 0.5) is 0 Å². The molecule has 3 aliphatic carbocycles. The molecule has 0 aromatic carbocycles. The smallest absolute Gasteiger partial charge is 0.219 e. The van der Waals surface area contributed by atoms with Gasteiger partial charge in [-0.3, -0.25) is 14.8 Å². The van der Waals surface area contributed by atoms with Gasteiger partial charge in [0.25, 0.3) is 0 Å². The molecule has 0 N–H and O–H groups in total. The highest BCUT2D eigenvalue weighted by Crippen LogP contribution is 2.66. The Labute approximate surface area is 162 Å². The van der Waals surface area contributed by atoms with Crippen LogP contribution in [0.1, 0.15) is 65.0 Å². The number of amides is 1. The molecule has 1 aliphatic heterocycles. The third-order valence-corrected chi connectivity index (χ3v) is 8.91. The molecule has 1 amide bonds. The molecule has 3 fully saturated rings. The summed E-state index contributed by atoms with van der Waals surface area (Å²) >= 11 is 0. The predicted octanol–water partition coefficient (Wildman–Crippen LogP) is 4.33. The molecular formula is C23H31N3O. The van der Waals surface area contributed by atoms with Gasteiger partial charge in [0.1, 0.15) is 0 Å². The first-order chi connectivity index (χ1) is 12.9. The molecule has 0 spiro atoms. The minimum absolute atomic E-state index is 0.235. The second kappa shape index (κ2) is 5.89. The van der Waals surface area contributed by atoms with Crippen LogP contribution in [0.3, 0.4) is 0 Å². The summed E-state index contributed by atoms with van der Waals surface area (Å²) in [7, 11) is 0. The number of hydrogen-bond donors (Lipinski definition) is 0. The largest absolute Gasteiger partial charge is 0.339 e. The van der Waals surface area contributed by atoms with Gasteiger partial charge in [0.05, 0.1) is 11.9 Å². The van der Waals surface area contributed by atoms with Gasteiger partial charge in [0.2, 0.25) is 5.91 Å². The summed E-state index contributed by atoms with van der Waals surface area (Å²) in [5, 5.41) is 0. The number of hydrogen-bond acceptors (Lipinski definition) is 3. The lowest BCUT2D eigenvalue weighted by Gasteiger charge is -2.57. The van der Waals surface area contributed by atoms with E-state index in [9.17, 15) is 4.79 Å². The monoisotopic (exact) mass is 365 g/mol. The molecule has 2 saturated carbocycles. The Morgan fingerprint density at radius 1 is 1.15 bits per heavy atom. The number of likely N-dealkylation sites (tertiary alicyclic amines) is 1. The Morgan fingerprint density at radius 2 is 2.00 bits per heavy atom. The molecule has 4 nitrogen and oxygen atoms in total. The van der Waals surface area contributed by atoms with Crippen LogP contribution in [0.2, 0.25) is 0 Å². The highest BCUT2D eigenvalue weighted by molar-refractivity contribution is 5.74. The van der Waals surface area contributed by atoms with E-state index in [4.69, 9.17) is 0 Å². The van der Waals surface area contributed by atoms with Crippen LogP contribution in [0.25, 0.3) is 5.57 Å². The molecule has 3 unspecified atom stereocenters. The zero-order valence-electron chi connectivity index (χ0n) is 16.8. The van der Waals surface area contributed by atoms with Gasteiger partial charge in [-0.05, 0) is 72.7 Å². The average Bonchev–Trinajstić information content (AvgIpc) is 3.19. The van der Waals surface area contributed by atoms with Crippen LogP contribution in [0.5, 0.6) is 0 Å². The van der Waals surface area contributed by atoms with Gasteiger partial charge in [-0.1, -0.05) is 19.9 Å². The average molecular weight is 366 g/mol. The zero-order valence-corrected chi connectivity index (χ0v) is 16.8. The summed E-state index contributed by atoms with van der Waals surface area (Å²) in [5.41, 5.74) is 3.05. The molecule has 1 aromatic heterocycles. The molecule has 27 heavy (non-hydrogen) atoms. The van der Waals surface area contributed by atoms with Crippen LogP contribution in [-0.4, -0.2) is 33.4 Å². The van der Waals surface area contributed by atoms with Crippen molar-refractivity contribution in [1.82, 2.24) is 14.9 Å². The molecule has 1 saturated heterocycles. The first-order valence-corrected chi connectivity index (χ1v) is 10.7. The number of nitrogens with zero attached hydrogens (tertiary/aromatic N) is 3. The molecule has 144 valence electrons. The molecule has 6 atom stereocenters. The van der Waals surface area contributed by atoms with E-state index in [0.717, 1.165) is 30.0 Å². The third kappa shape index (κ3) is 2.31. The summed E-state index contributed by atoms with van der Waals surface area (Å²) in [4.78, 5) is 23.3. The van der Waals surface area contributed by atoms with Gasteiger partial charge in [-0.15, -0.1) is 0 Å². The fraction of sp³-hybridized carbons (Fsp3) is 0.696. The maximum absolute atomic E-state index is 12.1. The lowest BCUT2D eigenvalue weighted by atomic mass is 9.48. The second-order valence-electron chi connectivity index (χ2n) is 9.84. The van der Waals surface area contributed by atoms with Crippen molar-refractivity contribution in [3.8, 4) is 0 Å². The number of rotatable bonds is 1. The van der Waals surface area contributed by atoms with Crippen molar-refractivity contribution in [2.24, 2.45) is 28.6 Å². The number of fused-ring (bicyclic) bond motifs is 5. The summed E-state index contributed by atoms with van der Waals surface area (Å²) in [6.45, 7) is 7.69. The van der Waals surface area contributed by atoms with E-state index in [2.05, 4.69) is 34.8 Å². The standard InChI is InChI=1S/C23H31N3O/c1-15(27)26-13-10-23(3)18-8-9-22(2)17(16(18)4-7-21(23)26)5-6-19(22)20-14-24-11-12-25-20/h6,11-12,14,16-18,21H,4-5,7-10,13H2,1-3H3/t16?,17-,18-,21?,22?,23+/m0/s1. The van der Waals surface area contributed by atoms with E-state index < -0.39 is 0 Å². The van der Waals surface area contributed by atoms with Crippen molar-refractivity contribution in [2.75, 3.05) is 6.54 Å². The highest BCUT2D eigenvalue weighted by Gasteiger charge is 2.60. The van der Waals surface area contributed by atoms with Gasteiger partial charge in [-0.2, -0.15) is 0 Å². The van der Waals surface area contributed by atoms with Crippen LogP contribution < -0.4 is 0 Å². The highest BCUT2D eigenvalue weighted by atomic mass is 16.2. The maximum atomic E-state index is 12.1. The van der Waals surface area contributed by atoms with Crippen LogP contribution in [-0.2, 0) is 4.79 Å². The number of carbonyl (C=O) groups is 1. The molecule has 5 rings (SSSR count). The molecule has 0 radical (unpaired) electrons. The number of allylic oxidation sites excluding steroid dienone is 2. The van der Waals surface area contributed by atoms with E-state index in [1.165, 1.54) is 44.1 Å². The minimum atomic E-state index is 0.235. The van der Waals surface area contributed by atoms with E-state index >= 15 is 0 Å². The van der Waals surface area contributed by atoms with Crippen LogP contribution >= 0.6 is 0 Å². The SMILES string of the molecule is CC(=O)N1CC[C@@]2(C)C1CCC1[C@@H]3CC=C(c4cnccn4)C3(C)CC[C@@H]12. The quantitative estimate of drug-likeness (QED) is 0.744. The molecule has 4 aliphatic rings. The van der Waals surface area contributed by atoms with Crippen molar-refractivity contribution in [3.63, 3.8) is 0 Å². The Morgan fingerprint density at radius 3 is 2.74 bits per heavy atom. The van der Waals surface area contributed by atoms with Crippen molar-refractivity contribution in [1.29, 1.82) is 0 Å². The van der Waals surface area contributed by atoms with Gasteiger partial charge in [-0.25, -0.2) is 0 Å². The van der Waals surface area contributed by atoms with Crippen molar-refractivity contribution in [3.05, 3.63) is 30.4 Å². The lowest BCUT2D eigenvalue weighted by molar-refractivity contribution is -0.134. The lowest BCUT2D eigenvalue weighted by Crippen LogP contribution is -2.54. The normalized spacial score (nSPS) is 42.9. The molecule has 4 heteroatoms. The number of aromatic nitrogens is 2. The summed E-state index contributed by atoms with van der Waals surface area (Å²) in [6, 6.07) is 0.467. The Kier molecular flexibility index (Phi) is 3.80. The predicted molar refractivity (Wildman–Crippen MR) is 106 cm³/mol. The van der Waals surface area contributed by atoms with E-state index in [0.29, 0.717) is 11.5 Å². The fourth-order valence-electron chi connectivity index (χ4n) is 7.60. The van der Waals surface area contributed by atoms with Crippen molar-refractivity contribution >= 4 is 11.5 Å². The summed E-state index contributed by atoms with van der Waals surface area (Å²) in [6.07, 6.45) is 15.3. The maximum Gasteiger partial charge on any atom is 0.219 e. The van der Waals surface area contributed by atoms with Crippen LogP contribution in [0.15, 0.2) is 24.7 Å². The molecular weight excluding hydrogens is 334 g/mol. The van der Waals surface area contributed by atoms with E-state index in [1.54, 1.807) is 13.1 Å². The first-order valence-electron chi connectivity index (χ1n) is 10.7. The van der Waals surface area contributed by atoms with Gasteiger partial charge in [0.15, 0.2) is 0 Å². The van der Waals surface area contributed by atoms with Gasteiger partial charge in [0, 0.05) is 31.9 Å². The second-order valence-corrected chi connectivity index (χ2v) is 9.84. The van der Waals surface area contributed by atoms with E-state index in [1.807, 2.05) is 12.4 Å². The molecule has 2 heterocycles. The van der Waals surface area contributed by atoms with Crippen LogP contribution in [0, 0.1) is 28.6 Å². The van der Waals surface area contributed by atoms with Crippen molar-refractivity contribution in [2.45, 2.75) is 65.3 Å². The molecule has 1 aromatic rings. The number of carbonyl (C=O) groups excluding carboxylic acids is 1. The summed E-state index contributed by atoms with van der Waals surface area (Å²) < 4.78 is 0. The topological polar surface area (TPSA) is 46.1 Å². The Bertz CT molecular complexity index is 790. The Hall–Kier alpha value is -1.71. The molecule has 0 bridgehead atoms.